The maximum absolute atomic E-state index is 13.0. The van der Waals surface area contributed by atoms with E-state index >= 15 is 0 Å². The third kappa shape index (κ3) is 4.89. The number of aliphatic carboxylic acids is 1. The van der Waals surface area contributed by atoms with Gasteiger partial charge in [0.2, 0.25) is 0 Å². The van der Waals surface area contributed by atoms with Crippen molar-refractivity contribution in [1.82, 2.24) is 4.90 Å². The molecule has 9 nitrogen and oxygen atoms in total. The van der Waals surface area contributed by atoms with Gasteiger partial charge in [-0.3, -0.25) is 24.5 Å². The Hall–Kier alpha value is -4.27. The van der Waals surface area contributed by atoms with Gasteiger partial charge in [0.05, 0.1) is 16.5 Å². The fraction of sp³-hybridized carbons (Fsp3) is 0.174. The second-order valence-electron chi connectivity index (χ2n) is 7.12. The van der Waals surface area contributed by atoms with Crippen LogP contribution in [0.2, 0.25) is 0 Å². The number of amides is 1. The average molecular weight is 436 g/mol. The highest BCUT2D eigenvalue weighted by atomic mass is 16.6. The van der Waals surface area contributed by atoms with Crippen LogP contribution in [0.5, 0.6) is 0 Å². The summed E-state index contributed by atoms with van der Waals surface area (Å²) in [5, 5.41) is 30.6. The van der Waals surface area contributed by atoms with Crippen molar-refractivity contribution < 1.29 is 29.5 Å². The Morgan fingerprint density at radius 3 is 2.50 bits per heavy atom. The first kappa shape index (κ1) is 22.4. The number of rotatable bonds is 9. The summed E-state index contributed by atoms with van der Waals surface area (Å²) >= 11 is 0. The Morgan fingerprint density at radius 1 is 1.12 bits per heavy atom. The lowest BCUT2D eigenvalue weighted by Crippen LogP contribution is -2.32. The van der Waals surface area contributed by atoms with E-state index in [2.05, 4.69) is 0 Å². The van der Waals surface area contributed by atoms with E-state index in [1.807, 2.05) is 6.07 Å². The number of allylic oxidation sites excluding steroid dienone is 1. The van der Waals surface area contributed by atoms with Crippen LogP contribution >= 0.6 is 0 Å². The van der Waals surface area contributed by atoms with Crippen molar-refractivity contribution in [3.8, 4) is 0 Å². The molecule has 32 heavy (non-hydrogen) atoms. The molecule has 0 saturated carbocycles. The smallest absolute Gasteiger partial charge is 0.303 e. The first-order chi connectivity index (χ1) is 15.3. The van der Waals surface area contributed by atoms with E-state index in [9.17, 15) is 29.6 Å². The molecule has 1 atom stereocenters. The molecule has 1 aliphatic heterocycles. The molecular formula is C23H20N2O7. The van der Waals surface area contributed by atoms with Crippen molar-refractivity contribution in [2.24, 2.45) is 0 Å². The summed E-state index contributed by atoms with van der Waals surface area (Å²) < 4.78 is 0. The molecule has 0 bridgehead atoms. The number of nitrogens with zero attached hydrogens (tertiary/aromatic N) is 2. The van der Waals surface area contributed by atoms with Gasteiger partial charge < -0.3 is 15.1 Å². The molecule has 0 saturated heterocycles. The Labute approximate surface area is 183 Å². The van der Waals surface area contributed by atoms with E-state index in [1.165, 1.54) is 41.3 Å². The number of aliphatic hydroxyl groups is 1. The highest BCUT2D eigenvalue weighted by molar-refractivity contribution is 6.14. The summed E-state index contributed by atoms with van der Waals surface area (Å²) in [4.78, 5) is 48.4. The molecular weight excluding hydrogens is 416 g/mol. The van der Waals surface area contributed by atoms with E-state index in [1.54, 1.807) is 24.3 Å². The molecule has 0 aliphatic carbocycles. The van der Waals surface area contributed by atoms with Gasteiger partial charge in [-0.15, -0.1) is 0 Å². The summed E-state index contributed by atoms with van der Waals surface area (Å²) in [6, 6.07) is 13.3. The standard InChI is InChI=1S/C23H20N2O7/c26-18(12-11-15-6-2-1-3-7-15)20-21(16-8-4-9-17(14-16)25(31)32)24(23(30)22(20)29)13-5-10-19(27)28/h1-4,6-9,11-12,14,21,29H,5,10,13H2,(H,27,28)/b12-11+. The van der Waals surface area contributed by atoms with E-state index in [-0.39, 0.29) is 36.2 Å². The quantitative estimate of drug-likeness (QED) is 0.349. The molecule has 1 unspecified atom stereocenters. The monoisotopic (exact) mass is 436 g/mol. The van der Waals surface area contributed by atoms with Crippen molar-refractivity contribution in [1.29, 1.82) is 0 Å². The number of hydrogen-bond donors (Lipinski definition) is 2. The predicted molar refractivity (Wildman–Crippen MR) is 115 cm³/mol. The molecule has 9 heteroatoms. The minimum atomic E-state index is -1.08. The summed E-state index contributed by atoms with van der Waals surface area (Å²) in [6.07, 6.45) is 2.62. The van der Waals surface area contributed by atoms with E-state index in [0.717, 1.165) is 5.56 Å². The van der Waals surface area contributed by atoms with Crippen LogP contribution in [-0.2, 0) is 14.4 Å². The number of carbonyl (C=O) groups is 3. The second kappa shape index (κ2) is 9.69. The van der Waals surface area contributed by atoms with Crippen LogP contribution in [-0.4, -0.2) is 44.2 Å². The summed E-state index contributed by atoms with van der Waals surface area (Å²) in [6.45, 7) is -0.0538. The third-order valence-electron chi connectivity index (χ3n) is 4.98. The van der Waals surface area contributed by atoms with Crippen LogP contribution in [0.1, 0.15) is 30.0 Å². The SMILES string of the molecule is O=C(O)CCCN1C(=O)C(O)=C(C(=O)/C=C/c2ccccc2)C1c1cccc([N+](=O)[O-])c1. The van der Waals surface area contributed by atoms with Gasteiger partial charge in [0.1, 0.15) is 0 Å². The van der Waals surface area contributed by atoms with Gasteiger partial charge in [0.15, 0.2) is 11.5 Å². The Morgan fingerprint density at radius 2 is 1.84 bits per heavy atom. The van der Waals surface area contributed by atoms with Crippen LogP contribution < -0.4 is 0 Å². The Kier molecular flexibility index (Phi) is 6.79. The van der Waals surface area contributed by atoms with Gasteiger partial charge in [-0.2, -0.15) is 0 Å². The average Bonchev–Trinajstić information content (AvgIpc) is 3.03. The fourth-order valence-electron chi connectivity index (χ4n) is 3.52. The van der Waals surface area contributed by atoms with E-state index < -0.39 is 34.4 Å². The third-order valence-corrected chi connectivity index (χ3v) is 4.98. The summed E-state index contributed by atoms with van der Waals surface area (Å²) in [5.41, 5.74) is 0.551. The molecule has 3 rings (SSSR count). The van der Waals surface area contributed by atoms with Gasteiger partial charge in [0.25, 0.3) is 11.6 Å². The number of carboxylic acids is 1. The zero-order valence-corrected chi connectivity index (χ0v) is 16.9. The highest BCUT2D eigenvalue weighted by Gasteiger charge is 2.43. The molecule has 2 aromatic rings. The van der Waals surface area contributed by atoms with Crippen molar-refractivity contribution in [2.75, 3.05) is 6.54 Å². The number of nitro benzene ring substituents is 1. The van der Waals surface area contributed by atoms with Gasteiger partial charge >= 0.3 is 5.97 Å². The van der Waals surface area contributed by atoms with Crippen molar-refractivity contribution in [3.05, 3.63) is 93.2 Å². The first-order valence-electron chi connectivity index (χ1n) is 9.77. The lowest BCUT2D eigenvalue weighted by atomic mass is 9.95. The molecule has 0 radical (unpaired) electrons. The Bertz CT molecular complexity index is 1120. The number of non-ortho nitro benzene ring substituents is 1. The maximum Gasteiger partial charge on any atom is 0.303 e. The van der Waals surface area contributed by atoms with E-state index in [0.29, 0.717) is 0 Å². The van der Waals surface area contributed by atoms with Gasteiger partial charge in [0, 0.05) is 25.1 Å². The van der Waals surface area contributed by atoms with Gasteiger partial charge in [-0.25, -0.2) is 0 Å². The van der Waals surface area contributed by atoms with Crippen LogP contribution in [0.15, 0.2) is 72.0 Å². The van der Waals surface area contributed by atoms with Crippen LogP contribution in [0.25, 0.3) is 6.08 Å². The number of carboxylic acid groups (broad SMARTS) is 1. The largest absolute Gasteiger partial charge is 0.503 e. The number of ketones is 1. The van der Waals surface area contributed by atoms with E-state index in [4.69, 9.17) is 5.11 Å². The van der Waals surface area contributed by atoms with Crippen LogP contribution in [0.3, 0.4) is 0 Å². The molecule has 1 heterocycles. The first-order valence-corrected chi connectivity index (χ1v) is 9.77. The predicted octanol–water partition coefficient (Wildman–Crippen LogP) is 3.44. The van der Waals surface area contributed by atoms with Crippen molar-refractivity contribution in [3.63, 3.8) is 0 Å². The Balaban J connectivity index is 2.00. The maximum atomic E-state index is 13.0. The van der Waals surface area contributed by atoms with Crippen molar-refractivity contribution >= 4 is 29.4 Å². The molecule has 0 aromatic heterocycles. The second-order valence-corrected chi connectivity index (χ2v) is 7.12. The molecule has 2 N–H and O–H groups in total. The zero-order chi connectivity index (χ0) is 23.3. The molecule has 1 aliphatic rings. The highest BCUT2D eigenvalue weighted by Crippen LogP contribution is 2.39. The van der Waals surface area contributed by atoms with Crippen LogP contribution in [0.4, 0.5) is 5.69 Å². The normalized spacial score (nSPS) is 16.1. The minimum absolute atomic E-state index is 0.0538. The molecule has 164 valence electrons. The van der Waals surface area contributed by atoms with Crippen molar-refractivity contribution in [2.45, 2.75) is 18.9 Å². The topological polar surface area (TPSA) is 138 Å². The summed E-state index contributed by atoms with van der Waals surface area (Å²) in [5.74, 6) is -3.26. The molecule has 2 aromatic carbocycles. The fourth-order valence-corrected chi connectivity index (χ4v) is 3.52. The number of aliphatic hydroxyl groups excluding tert-OH is 1. The molecule has 0 spiro atoms. The minimum Gasteiger partial charge on any atom is -0.503 e. The molecule has 1 amide bonds. The zero-order valence-electron chi connectivity index (χ0n) is 16.9. The lowest BCUT2D eigenvalue weighted by molar-refractivity contribution is -0.384. The van der Waals surface area contributed by atoms with Gasteiger partial charge in [-0.1, -0.05) is 48.5 Å². The lowest BCUT2D eigenvalue weighted by Gasteiger charge is -2.26. The summed E-state index contributed by atoms with van der Waals surface area (Å²) in [7, 11) is 0. The van der Waals surface area contributed by atoms with Crippen LogP contribution in [0, 0.1) is 10.1 Å². The van der Waals surface area contributed by atoms with Gasteiger partial charge in [-0.05, 0) is 23.6 Å². The number of benzene rings is 2. The molecule has 0 fully saturated rings. The number of nitro groups is 1. The number of carbonyl (C=O) groups excluding carboxylic acids is 2. The number of hydrogen-bond acceptors (Lipinski definition) is 6.